The number of aromatic amines is 1. The van der Waals surface area contributed by atoms with Gasteiger partial charge in [0.1, 0.15) is 5.82 Å². The highest BCUT2D eigenvalue weighted by Crippen LogP contribution is 2.56. The van der Waals surface area contributed by atoms with Crippen LogP contribution in [0.3, 0.4) is 0 Å². The Kier molecular flexibility index (Phi) is 3.69. The van der Waals surface area contributed by atoms with Crippen LogP contribution in [0.5, 0.6) is 0 Å². The van der Waals surface area contributed by atoms with Gasteiger partial charge in [-0.05, 0) is 0 Å². The molecule has 0 aliphatic carbocycles. The Morgan fingerprint density at radius 2 is 1.43 bits per heavy atom. The lowest BCUT2D eigenvalue weighted by atomic mass is 9.98. The molecule has 0 aliphatic rings. The summed E-state index contributed by atoms with van der Waals surface area (Å²) in [7, 11) is 0. The molecule has 0 atom stereocenters. The Morgan fingerprint density at radius 1 is 0.952 bits per heavy atom. The lowest BCUT2D eigenvalue weighted by Crippen LogP contribution is -2.59. The molecule has 4 nitrogen and oxygen atoms in total. The zero-order valence-corrected chi connectivity index (χ0v) is 9.41. The number of hydrogen-bond donors (Lipinski definition) is 2. The highest BCUT2D eigenvalue weighted by Gasteiger charge is 2.82. The smallest absolute Gasteiger partial charge is 0.385 e. The second kappa shape index (κ2) is 4.53. The van der Waals surface area contributed by atoms with Crippen molar-refractivity contribution in [2.24, 2.45) is 0 Å². The highest BCUT2D eigenvalue weighted by molar-refractivity contribution is 5.41. The fourth-order valence-corrected chi connectivity index (χ4v) is 1.20. The van der Waals surface area contributed by atoms with Crippen LogP contribution < -0.4 is 11.4 Å². The van der Waals surface area contributed by atoms with E-state index in [1.165, 1.54) is 4.98 Å². The van der Waals surface area contributed by atoms with Crippen molar-refractivity contribution in [1.29, 1.82) is 0 Å². The van der Waals surface area contributed by atoms with Gasteiger partial charge in [-0.1, -0.05) is 0 Å². The summed E-state index contributed by atoms with van der Waals surface area (Å²) < 4.78 is 114. The van der Waals surface area contributed by atoms with Crippen LogP contribution in [-0.2, 0) is 5.92 Å². The lowest BCUT2D eigenvalue weighted by Gasteiger charge is -2.33. The largest absolute Gasteiger partial charge is 0.460 e. The van der Waals surface area contributed by atoms with Crippen LogP contribution in [0.2, 0.25) is 0 Å². The molecule has 0 saturated carbocycles. The van der Waals surface area contributed by atoms with Crippen LogP contribution in [0.25, 0.3) is 0 Å². The van der Waals surface area contributed by atoms with E-state index in [0.29, 0.717) is 0 Å². The van der Waals surface area contributed by atoms with E-state index in [0.717, 1.165) is 0 Å². The zero-order chi connectivity index (χ0) is 16.9. The number of halogens is 9. The minimum Gasteiger partial charge on any atom is -0.385 e. The van der Waals surface area contributed by atoms with E-state index in [1.807, 2.05) is 0 Å². The molecule has 1 heterocycles. The van der Waals surface area contributed by atoms with Gasteiger partial charge < -0.3 is 5.73 Å². The van der Waals surface area contributed by atoms with Crippen molar-refractivity contribution < 1.29 is 39.5 Å². The molecule has 0 saturated heterocycles. The average Bonchev–Trinajstić information content (AvgIpc) is 2.26. The third-order valence-corrected chi connectivity index (χ3v) is 2.33. The van der Waals surface area contributed by atoms with Gasteiger partial charge in [0.25, 0.3) is 0 Å². The van der Waals surface area contributed by atoms with Crippen molar-refractivity contribution in [2.75, 3.05) is 5.73 Å². The van der Waals surface area contributed by atoms with E-state index in [2.05, 4.69) is 4.98 Å². The van der Waals surface area contributed by atoms with Crippen LogP contribution in [0.15, 0.2) is 11.0 Å². The number of nitrogen functional groups attached to an aromatic ring is 1. The van der Waals surface area contributed by atoms with Gasteiger partial charge in [-0.3, -0.25) is 4.98 Å². The Balaban J connectivity index is 3.50. The number of nitrogens with zero attached hydrogens (tertiary/aromatic N) is 1. The SMILES string of the molecule is Nc1[nH]c(=O)ncc1C(F)(F)C(F)(F)C(F)(F)C(F)(F)F. The fraction of sp³-hybridized carbons (Fsp3) is 0.500. The van der Waals surface area contributed by atoms with Gasteiger partial charge in [-0.2, -0.15) is 39.5 Å². The molecular formula is C8H4F9N3O. The van der Waals surface area contributed by atoms with Gasteiger partial charge in [0.05, 0.1) is 5.56 Å². The summed E-state index contributed by atoms with van der Waals surface area (Å²) in [5.41, 5.74) is 1.16. The number of aromatic nitrogens is 2. The topological polar surface area (TPSA) is 71.8 Å². The average molecular weight is 329 g/mol. The molecule has 0 fully saturated rings. The summed E-state index contributed by atoms with van der Waals surface area (Å²) >= 11 is 0. The normalized spacial score (nSPS) is 14.3. The van der Waals surface area contributed by atoms with Crippen molar-refractivity contribution in [1.82, 2.24) is 9.97 Å². The summed E-state index contributed by atoms with van der Waals surface area (Å²) in [5, 5.41) is 0. The van der Waals surface area contributed by atoms with Crippen LogP contribution >= 0.6 is 0 Å². The molecule has 120 valence electrons. The lowest BCUT2D eigenvalue weighted by molar-refractivity contribution is -0.399. The molecule has 0 aliphatic heterocycles. The molecule has 0 bridgehead atoms. The van der Waals surface area contributed by atoms with Crippen molar-refractivity contribution in [3.63, 3.8) is 0 Å². The Morgan fingerprint density at radius 3 is 1.81 bits per heavy atom. The first-order chi connectivity index (χ1) is 9.16. The van der Waals surface area contributed by atoms with Gasteiger partial charge in [-0.15, -0.1) is 0 Å². The third-order valence-electron chi connectivity index (χ3n) is 2.33. The van der Waals surface area contributed by atoms with Gasteiger partial charge in [0, 0.05) is 6.20 Å². The van der Waals surface area contributed by atoms with Gasteiger partial charge >= 0.3 is 29.6 Å². The molecule has 0 aromatic carbocycles. The van der Waals surface area contributed by atoms with Gasteiger partial charge in [-0.25, -0.2) is 9.78 Å². The molecule has 1 rings (SSSR count). The maximum Gasteiger partial charge on any atom is 0.460 e. The summed E-state index contributed by atoms with van der Waals surface area (Å²) in [6.07, 6.45) is -7.25. The Hall–Kier alpha value is -1.95. The first kappa shape index (κ1) is 17.1. The van der Waals surface area contributed by atoms with Gasteiger partial charge in [0.15, 0.2) is 0 Å². The number of nitrogens with two attached hydrogens (primary N) is 1. The third kappa shape index (κ3) is 2.40. The molecule has 0 spiro atoms. The summed E-state index contributed by atoms with van der Waals surface area (Å²) in [6, 6.07) is 0. The Bertz CT molecular complexity index is 591. The van der Waals surface area contributed by atoms with Crippen molar-refractivity contribution in [2.45, 2.75) is 23.9 Å². The number of H-pyrrole nitrogens is 1. The molecular weight excluding hydrogens is 325 g/mol. The molecule has 1 aromatic rings. The van der Waals surface area contributed by atoms with Crippen molar-refractivity contribution in [3.8, 4) is 0 Å². The number of hydrogen-bond acceptors (Lipinski definition) is 3. The van der Waals surface area contributed by atoms with Crippen LogP contribution in [-0.4, -0.2) is 28.0 Å². The second-order valence-corrected chi connectivity index (χ2v) is 3.74. The molecule has 21 heavy (non-hydrogen) atoms. The summed E-state index contributed by atoms with van der Waals surface area (Å²) in [6.45, 7) is 0. The molecule has 0 unspecified atom stereocenters. The van der Waals surface area contributed by atoms with E-state index < -0.39 is 41.0 Å². The van der Waals surface area contributed by atoms with E-state index in [1.54, 1.807) is 0 Å². The van der Waals surface area contributed by atoms with Crippen LogP contribution in [0, 0.1) is 0 Å². The molecule has 13 heteroatoms. The molecule has 0 amide bonds. The van der Waals surface area contributed by atoms with Crippen molar-refractivity contribution >= 4 is 5.82 Å². The first-order valence-electron chi connectivity index (χ1n) is 4.71. The summed E-state index contributed by atoms with van der Waals surface area (Å²) in [4.78, 5) is 14.4. The fourth-order valence-electron chi connectivity index (χ4n) is 1.20. The van der Waals surface area contributed by atoms with Crippen molar-refractivity contribution in [3.05, 3.63) is 22.2 Å². The van der Waals surface area contributed by atoms with Crippen LogP contribution in [0.4, 0.5) is 45.3 Å². The van der Waals surface area contributed by atoms with E-state index in [9.17, 15) is 44.3 Å². The number of alkyl halides is 9. The minimum atomic E-state index is -7.05. The predicted molar refractivity (Wildman–Crippen MR) is 49.1 cm³/mol. The maximum absolute atomic E-state index is 13.4. The Labute approximate surface area is 108 Å². The summed E-state index contributed by atoms with van der Waals surface area (Å²) in [5.74, 6) is -21.5. The maximum atomic E-state index is 13.4. The van der Waals surface area contributed by atoms with Crippen LogP contribution in [0.1, 0.15) is 5.56 Å². The van der Waals surface area contributed by atoms with E-state index in [4.69, 9.17) is 5.73 Å². The molecule has 0 radical (unpaired) electrons. The molecule has 1 aromatic heterocycles. The molecule has 3 N–H and O–H groups in total. The highest BCUT2D eigenvalue weighted by atomic mass is 19.4. The van der Waals surface area contributed by atoms with E-state index in [-0.39, 0.29) is 6.20 Å². The number of rotatable bonds is 3. The first-order valence-corrected chi connectivity index (χ1v) is 4.71. The predicted octanol–water partition coefficient (Wildman–Crippen LogP) is 2.28. The zero-order valence-electron chi connectivity index (χ0n) is 9.41. The number of nitrogens with one attached hydrogen (secondary N) is 1. The quantitative estimate of drug-likeness (QED) is 0.836. The minimum absolute atomic E-state index is 0.311. The monoisotopic (exact) mass is 329 g/mol. The number of anilines is 1. The standard InChI is InChI=1S/C8H4F9N3O/c9-5(10,2-1-19-4(21)20-3(2)18)6(11,12)7(13,14)8(15,16)17/h1H,(H3,18,19,20,21). The van der Waals surface area contributed by atoms with Gasteiger partial charge in [0.2, 0.25) is 0 Å². The second-order valence-electron chi connectivity index (χ2n) is 3.74. The van der Waals surface area contributed by atoms with E-state index >= 15 is 0 Å².